The van der Waals surface area contributed by atoms with Crippen molar-refractivity contribution in [1.82, 2.24) is 0 Å². The van der Waals surface area contributed by atoms with Gasteiger partial charge in [-0.3, -0.25) is 0 Å². The molecule has 0 spiro atoms. The monoisotopic (exact) mass is 289 g/mol. The molecule has 0 radical (unpaired) electrons. The minimum Gasteiger partial charge on any atom is -0.490 e. The molecular formula is C14H12BrNO. The van der Waals surface area contributed by atoms with Crippen LogP contribution in [0.2, 0.25) is 0 Å². The molecule has 0 saturated carbocycles. The second-order valence-corrected chi connectivity index (χ2v) is 4.86. The highest BCUT2D eigenvalue weighted by atomic mass is 79.9. The van der Waals surface area contributed by atoms with E-state index >= 15 is 0 Å². The third-order valence-electron chi connectivity index (χ3n) is 2.87. The number of nitrogens with zero attached hydrogens (tertiary/aromatic N) is 1. The molecule has 2 aromatic rings. The third-order valence-corrected chi connectivity index (χ3v) is 3.40. The fourth-order valence-electron chi connectivity index (χ4n) is 2.06. The average Bonchev–Trinajstić information content (AvgIpc) is 2.39. The Hall–Kier alpha value is -1.48. The number of ether oxygens (including phenoxy) is 1. The first-order valence-corrected chi connectivity index (χ1v) is 6.39. The number of benzene rings is 2. The summed E-state index contributed by atoms with van der Waals surface area (Å²) in [7, 11) is 0. The van der Waals surface area contributed by atoms with Crippen LogP contribution in [0.15, 0.2) is 53.0 Å². The average molecular weight is 290 g/mol. The predicted octanol–water partition coefficient (Wildman–Crippen LogP) is 3.98. The van der Waals surface area contributed by atoms with E-state index < -0.39 is 0 Å². The number of halogens is 1. The lowest BCUT2D eigenvalue weighted by molar-refractivity contribution is 0.314. The molecule has 0 aromatic heterocycles. The molecule has 0 bridgehead atoms. The molecule has 86 valence electrons. The lowest BCUT2D eigenvalue weighted by Gasteiger charge is -2.31. The largest absolute Gasteiger partial charge is 0.490 e. The maximum Gasteiger partial charge on any atom is 0.143 e. The van der Waals surface area contributed by atoms with Gasteiger partial charge in [0.25, 0.3) is 0 Å². The molecule has 2 nitrogen and oxygen atoms in total. The van der Waals surface area contributed by atoms with E-state index in [4.69, 9.17) is 4.74 Å². The van der Waals surface area contributed by atoms with Gasteiger partial charge in [0.1, 0.15) is 12.4 Å². The summed E-state index contributed by atoms with van der Waals surface area (Å²) in [5, 5.41) is 0. The van der Waals surface area contributed by atoms with Crippen molar-refractivity contribution >= 4 is 27.3 Å². The highest BCUT2D eigenvalue weighted by Gasteiger charge is 2.18. The van der Waals surface area contributed by atoms with Crippen LogP contribution >= 0.6 is 15.9 Å². The van der Waals surface area contributed by atoms with Crippen molar-refractivity contribution in [3.63, 3.8) is 0 Å². The van der Waals surface area contributed by atoms with Crippen molar-refractivity contribution in [2.24, 2.45) is 0 Å². The van der Waals surface area contributed by atoms with E-state index in [0.29, 0.717) is 0 Å². The summed E-state index contributed by atoms with van der Waals surface area (Å²) in [6.45, 7) is 1.62. The number of hydrogen-bond acceptors (Lipinski definition) is 2. The summed E-state index contributed by atoms with van der Waals surface area (Å²) >= 11 is 3.46. The van der Waals surface area contributed by atoms with E-state index in [1.54, 1.807) is 0 Å². The predicted molar refractivity (Wildman–Crippen MR) is 73.1 cm³/mol. The van der Waals surface area contributed by atoms with Crippen LogP contribution in [0.5, 0.6) is 5.75 Å². The van der Waals surface area contributed by atoms with E-state index in [1.807, 2.05) is 18.2 Å². The molecule has 0 saturated heterocycles. The Bertz CT molecular complexity index is 524. The van der Waals surface area contributed by atoms with Crippen LogP contribution in [0.3, 0.4) is 0 Å². The molecule has 1 aliphatic heterocycles. The summed E-state index contributed by atoms with van der Waals surface area (Å²) < 4.78 is 6.75. The van der Waals surface area contributed by atoms with Crippen LogP contribution in [0.1, 0.15) is 0 Å². The van der Waals surface area contributed by atoms with Gasteiger partial charge in [-0.05, 0) is 36.4 Å². The fraction of sp³-hybridized carbons (Fsp3) is 0.143. The third kappa shape index (κ3) is 2.03. The van der Waals surface area contributed by atoms with Crippen molar-refractivity contribution in [1.29, 1.82) is 0 Å². The zero-order valence-corrected chi connectivity index (χ0v) is 10.9. The van der Waals surface area contributed by atoms with Gasteiger partial charge in [0.05, 0.1) is 12.2 Å². The van der Waals surface area contributed by atoms with Gasteiger partial charge in [-0.2, -0.15) is 0 Å². The first-order valence-electron chi connectivity index (χ1n) is 5.59. The summed E-state index contributed by atoms with van der Waals surface area (Å²) in [4.78, 5) is 2.28. The second-order valence-electron chi connectivity index (χ2n) is 3.94. The van der Waals surface area contributed by atoms with Crippen LogP contribution in [-0.4, -0.2) is 13.2 Å². The van der Waals surface area contributed by atoms with Crippen LogP contribution in [0, 0.1) is 0 Å². The Morgan fingerprint density at radius 1 is 1.00 bits per heavy atom. The minimum atomic E-state index is 0.729. The second kappa shape index (κ2) is 4.41. The van der Waals surface area contributed by atoms with Gasteiger partial charge in [0.2, 0.25) is 0 Å². The molecule has 0 aliphatic carbocycles. The zero-order valence-electron chi connectivity index (χ0n) is 9.27. The summed E-state index contributed by atoms with van der Waals surface area (Å²) in [5.74, 6) is 0.960. The van der Waals surface area contributed by atoms with Gasteiger partial charge >= 0.3 is 0 Å². The minimum absolute atomic E-state index is 0.729. The zero-order chi connectivity index (χ0) is 11.7. The molecule has 0 unspecified atom stereocenters. The van der Waals surface area contributed by atoms with Crippen molar-refractivity contribution in [2.75, 3.05) is 18.1 Å². The van der Waals surface area contributed by atoms with Crippen LogP contribution < -0.4 is 9.64 Å². The highest BCUT2D eigenvalue weighted by molar-refractivity contribution is 9.10. The lowest BCUT2D eigenvalue weighted by atomic mass is 10.2. The van der Waals surface area contributed by atoms with E-state index in [0.717, 1.165) is 29.1 Å². The topological polar surface area (TPSA) is 12.5 Å². The quantitative estimate of drug-likeness (QED) is 0.787. The highest BCUT2D eigenvalue weighted by Crippen LogP contribution is 2.36. The Morgan fingerprint density at radius 2 is 1.76 bits per heavy atom. The lowest BCUT2D eigenvalue weighted by Crippen LogP contribution is -2.28. The van der Waals surface area contributed by atoms with Crippen LogP contribution in [-0.2, 0) is 0 Å². The van der Waals surface area contributed by atoms with Crippen molar-refractivity contribution in [2.45, 2.75) is 0 Å². The van der Waals surface area contributed by atoms with Gasteiger partial charge in [0, 0.05) is 10.2 Å². The number of anilines is 2. The Kier molecular flexibility index (Phi) is 2.77. The molecule has 17 heavy (non-hydrogen) atoms. The Morgan fingerprint density at radius 3 is 2.59 bits per heavy atom. The van der Waals surface area contributed by atoms with Gasteiger partial charge in [-0.25, -0.2) is 0 Å². The van der Waals surface area contributed by atoms with Crippen molar-refractivity contribution < 1.29 is 4.74 Å². The fourth-order valence-corrected chi connectivity index (χ4v) is 2.32. The van der Waals surface area contributed by atoms with Crippen LogP contribution in [0.25, 0.3) is 0 Å². The SMILES string of the molecule is Brc1ccc(N2CCOc3ccccc32)cc1. The van der Waals surface area contributed by atoms with Gasteiger partial charge in [-0.1, -0.05) is 28.1 Å². The molecule has 0 amide bonds. The number of hydrogen-bond donors (Lipinski definition) is 0. The normalized spacial score (nSPS) is 14.1. The summed E-state index contributed by atoms with van der Waals surface area (Å²) in [6.07, 6.45) is 0. The standard InChI is InChI=1S/C14H12BrNO/c15-11-5-7-12(8-6-11)16-9-10-17-14-4-2-1-3-13(14)16/h1-8H,9-10H2. The van der Waals surface area contributed by atoms with Crippen molar-refractivity contribution in [3.8, 4) is 5.75 Å². The van der Waals surface area contributed by atoms with Gasteiger partial charge < -0.3 is 9.64 Å². The molecule has 0 atom stereocenters. The Labute approximate surface area is 109 Å². The molecule has 3 heteroatoms. The van der Waals surface area contributed by atoms with E-state index in [9.17, 15) is 0 Å². The van der Waals surface area contributed by atoms with Crippen LogP contribution in [0.4, 0.5) is 11.4 Å². The summed E-state index contributed by atoms with van der Waals surface area (Å²) in [5.41, 5.74) is 2.34. The Balaban J connectivity index is 2.03. The van der Waals surface area contributed by atoms with Crippen molar-refractivity contribution in [3.05, 3.63) is 53.0 Å². The molecule has 0 fully saturated rings. The van der Waals surface area contributed by atoms with E-state index in [2.05, 4.69) is 51.2 Å². The smallest absolute Gasteiger partial charge is 0.143 e. The molecule has 2 aromatic carbocycles. The van der Waals surface area contributed by atoms with E-state index in [1.165, 1.54) is 5.69 Å². The molecule has 3 rings (SSSR count). The number of rotatable bonds is 1. The maximum atomic E-state index is 5.65. The molecule has 1 aliphatic rings. The number of fused-ring (bicyclic) bond motifs is 1. The first-order chi connectivity index (χ1) is 8.34. The number of para-hydroxylation sites is 2. The van der Waals surface area contributed by atoms with Gasteiger partial charge in [-0.15, -0.1) is 0 Å². The molecule has 0 N–H and O–H groups in total. The first kappa shape index (κ1) is 10.7. The van der Waals surface area contributed by atoms with E-state index in [-0.39, 0.29) is 0 Å². The maximum absolute atomic E-state index is 5.65. The summed E-state index contributed by atoms with van der Waals surface area (Å²) in [6, 6.07) is 16.5. The van der Waals surface area contributed by atoms with Gasteiger partial charge in [0.15, 0.2) is 0 Å². The molecular weight excluding hydrogens is 278 g/mol. The molecule has 1 heterocycles.